The van der Waals surface area contributed by atoms with Crippen molar-refractivity contribution in [3.05, 3.63) is 34.6 Å². The molecule has 0 bridgehead atoms. The summed E-state index contributed by atoms with van der Waals surface area (Å²) in [7, 11) is 0. The van der Waals surface area contributed by atoms with E-state index in [0.717, 1.165) is 24.3 Å². The first-order valence-electron chi connectivity index (χ1n) is 9.59. The number of fused-ring (bicyclic) bond motifs is 1. The number of halogens is 1. The van der Waals surface area contributed by atoms with Crippen molar-refractivity contribution in [2.24, 2.45) is 11.8 Å². The second-order valence-electron chi connectivity index (χ2n) is 7.66. The van der Waals surface area contributed by atoms with Crippen molar-refractivity contribution in [2.75, 3.05) is 0 Å². The predicted molar refractivity (Wildman–Crippen MR) is 93.6 cm³/mol. The molecule has 1 aromatic carbocycles. The van der Waals surface area contributed by atoms with Gasteiger partial charge in [-0.2, -0.15) is 0 Å². The van der Waals surface area contributed by atoms with Crippen LogP contribution in [-0.4, -0.2) is 12.1 Å². The van der Waals surface area contributed by atoms with Crippen molar-refractivity contribution in [3.8, 4) is 0 Å². The van der Waals surface area contributed by atoms with Crippen LogP contribution >= 0.6 is 0 Å². The van der Waals surface area contributed by atoms with Gasteiger partial charge in [-0.1, -0.05) is 57.6 Å². The first-order chi connectivity index (χ1) is 11.6. The third-order valence-corrected chi connectivity index (χ3v) is 5.94. The molecule has 1 aliphatic carbocycles. The monoisotopic (exact) mass is 332 g/mol. The fourth-order valence-electron chi connectivity index (χ4n) is 4.36. The normalized spacial score (nSPS) is 26.8. The summed E-state index contributed by atoms with van der Waals surface area (Å²) in [6, 6.07) is 3.67. The van der Waals surface area contributed by atoms with Crippen LogP contribution in [0, 0.1) is 24.6 Å². The standard InChI is InChI=1S/C21H29FO2/c1-3-4-5-6-15-8-11-16(12-9-15)18-13-17-10-7-14(2)20(22)19(17)21(23)24-18/h7,10,15-16,18H,3-6,8-9,11-13H2,1-2H3. The maximum atomic E-state index is 14.2. The fourth-order valence-corrected chi connectivity index (χ4v) is 4.36. The summed E-state index contributed by atoms with van der Waals surface area (Å²) in [5.74, 6) is 0.413. The first-order valence-corrected chi connectivity index (χ1v) is 9.59. The number of carbonyl (C=O) groups excluding carboxylic acids is 1. The van der Waals surface area contributed by atoms with E-state index in [9.17, 15) is 9.18 Å². The topological polar surface area (TPSA) is 26.3 Å². The first kappa shape index (κ1) is 17.4. The number of hydrogen-bond acceptors (Lipinski definition) is 2. The summed E-state index contributed by atoms with van der Waals surface area (Å²) in [5.41, 5.74) is 1.50. The highest BCUT2D eigenvalue weighted by atomic mass is 19.1. The van der Waals surface area contributed by atoms with Crippen LogP contribution in [0.5, 0.6) is 0 Å². The van der Waals surface area contributed by atoms with Crippen LogP contribution in [0.4, 0.5) is 4.39 Å². The molecule has 1 atom stereocenters. The quantitative estimate of drug-likeness (QED) is 0.518. The van der Waals surface area contributed by atoms with Crippen LogP contribution in [0.15, 0.2) is 12.1 Å². The number of cyclic esters (lactones) is 1. The minimum Gasteiger partial charge on any atom is -0.458 e. The molecule has 0 spiro atoms. The van der Waals surface area contributed by atoms with Gasteiger partial charge in [0, 0.05) is 6.42 Å². The highest BCUT2D eigenvalue weighted by Gasteiger charge is 2.36. The Morgan fingerprint density at radius 1 is 1.17 bits per heavy atom. The maximum absolute atomic E-state index is 14.2. The SMILES string of the molecule is CCCCCC1CCC(C2Cc3ccc(C)c(F)c3C(=O)O2)CC1. The van der Waals surface area contributed by atoms with Gasteiger partial charge in [-0.25, -0.2) is 9.18 Å². The van der Waals surface area contributed by atoms with Crippen LogP contribution < -0.4 is 0 Å². The van der Waals surface area contributed by atoms with Gasteiger partial charge in [0.05, 0.1) is 5.56 Å². The van der Waals surface area contributed by atoms with Gasteiger partial charge in [-0.15, -0.1) is 0 Å². The third-order valence-electron chi connectivity index (χ3n) is 5.94. The van der Waals surface area contributed by atoms with Crippen LogP contribution in [0.2, 0.25) is 0 Å². The van der Waals surface area contributed by atoms with Gasteiger partial charge in [0.2, 0.25) is 0 Å². The zero-order chi connectivity index (χ0) is 17.1. The molecular formula is C21H29FO2. The molecular weight excluding hydrogens is 303 g/mol. The van der Waals surface area contributed by atoms with Crippen molar-refractivity contribution in [1.29, 1.82) is 0 Å². The summed E-state index contributed by atoms with van der Waals surface area (Å²) in [5, 5.41) is 0. The Morgan fingerprint density at radius 3 is 2.62 bits per heavy atom. The Bertz CT molecular complexity index is 588. The van der Waals surface area contributed by atoms with Gasteiger partial charge in [0.25, 0.3) is 0 Å². The van der Waals surface area contributed by atoms with Gasteiger partial charge < -0.3 is 4.74 Å². The van der Waals surface area contributed by atoms with Gasteiger partial charge >= 0.3 is 5.97 Å². The largest absolute Gasteiger partial charge is 0.458 e. The number of unbranched alkanes of at least 4 members (excludes halogenated alkanes) is 2. The number of benzene rings is 1. The Labute approximate surface area is 144 Å². The van der Waals surface area contributed by atoms with Crippen LogP contribution in [0.1, 0.15) is 79.8 Å². The van der Waals surface area contributed by atoms with Gasteiger partial charge in [-0.3, -0.25) is 0 Å². The molecule has 132 valence electrons. The van der Waals surface area contributed by atoms with Gasteiger partial charge in [0.15, 0.2) is 0 Å². The lowest BCUT2D eigenvalue weighted by atomic mass is 9.75. The van der Waals surface area contributed by atoms with Crippen LogP contribution in [-0.2, 0) is 11.2 Å². The number of hydrogen-bond donors (Lipinski definition) is 0. The lowest BCUT2D eigenvalue weighted by Gasteiger charge is -2.36. The summed E-state index contributed by atoms with van der Waals surface area (Å²) < 4.78 is 19.8. The van der Waals surface area contributed by atoms with Crippen LogP contribution in [0.25, 0.3) is 0 Å². The smallest absolute Gasteiger partial charge is 0.341 e. The lowest BCUT2D eigenvalue weighted by molar-refractivity contribution is -0.000974. The van der Waals surface area contributed by atoms with Crippen molar-refractivity contribution in [1.82, 2.24) is 0 Å². The number of esters is 1. The maximum Gasteiger partial charge on any atom is 0.341 e. The third kappa shape index (κ3) is 3.65. The van der Waals surface area contributed by atoms with E-state index in [1.165, 1.54) is 38.5 Å². The Balaban J connectivity index is 1.60. The zero-order valence-electron chi connectivity index (χ0n) is 14.9. The fraction of sp³-hybridized carbons (Fsp3) is 0.667. The number of aryl methyl sites for hydroxylation is 1. The Morgan fingerprint density at radius 2 is 1.92 bits per heavy atom. The summed E-state index contributed by atoms with van der Waals surface area (Å²) in [4.78, 5) is 12.3. The molecule has 2 aliphatic rings. The molecule has 0 N–H and O–H groups in total. The molecule has 1 heterocycles. The molecule has 1 unspecified atom stereocenters. The van der Waals surface area contributed by atoms with Crippen molar-refractivity contribution in [2.45, 2.75) is 77.7 Å². The van der Waals surface area contributed by atoms with E-state index in [1.807, 2.05) is 6.07 Å². The van der Waals surface area contributed by atoms with E-state index in [2.05, 4.69) is 6.92 Å². The molecule has 0 saturated heterocycles. The van der Waals surface area contributed by atoms with E-state index < -0.39 is 11.8 Å². The molecule has 24 heavy (non-hydrogen) atoms. The molecule has 1 aromatic rings. The Hall–Kier alpha value is -1.38. The molecule has 0 amide bonds. The molecule has 3 rings (SSSR count). The van der Waals surface area contributed by atoms with Crippen molar-refractivity contribution >= 4 is 5.97 Å². The molecule has 2 nitrogen and oxygen atoms in total. The van der Waals surface area contributed by atoms with E-state index in [0.29, 0.717) is 17.9 Å². The average molecular weight is 332 g/mol. The number of ether oxygens (including phenoxy) is 1. The minimum atomic E-state index is -0.465. The van der Waals surface area contributed by atoms with E-state index in [1.54, 1.807) is 13.0 Å². The molecule has 0 aromatic heterocycles. The number of rotatable bonds is 5. The van der Waals surface area contributed by atoms with E-state index in [-0.39, 0.29) is 11.7 Å². The average Bonchev–Trinajstić information content (AvgIpc) is 2.59. The summed E-state index contributed by atoms with van der Waals surface area (Å²) in [6.07, 6.45) is 10.7. The van der Waals surface area contributed by atoms with Gasteiger partial charge in [-0.05, 0) is 42.7 Å². The lowest BCUT2D eigenvalue weighted by Crippen LogP contribution is -2.36. The van der Waals surface area contributed by atoms with Gasteiger partial charge in [0.1, 0.15) is 11.9 Å². The molecule has 1 aliphatic heterocycles. The van der Waals surface area contributed by atoms with Crippen molar-refractivity contribution in [3.63, 3.8) is 0 Å². The van der Waals surface area contributed by atoms with E-state index >= 15 is 0 Å². The molecule has 0 radical (unpaired) electrons. The second-order valence-corrected chi connectivity index (χ2v) is 7.66. The number of carbonyl (C=O) groups is 1. The van der Waals surface area contributed by atoms with Crippen LogP contribution in [0.3, 0.4) is 0 Å². The highest BCUT2D eigenvalue weighted by molar-refractivity contribution is 5.92. The minimum absolute atomic E-state index is 0.0660. The Kier molecular flexibility index (Phi) is 5.57. The molecule has 1 saturated carbocycles. The summed E-state index contributed by atoms with van der Waals surface area (Å²) in [6.45, 7) is 3.94. The van der Waals surface area contributed by atoms with E-state index in [4.69, 9.17) is 4.74 Å². The summed E-state index contributed by atoms with van der Waals surface area (Å²) >= 11 is 0. The second kappa shape index (κ2) is 7.67. The highest BCUT2D eigenvalue weighted by Crippen LogP contribution is 2.38. The zero-order valence-corrected chi connectivity index (χ0v) is 14.9. The molecule has 3 heteroatoms. The van der Waals surface area contributed by atoms with Crippen molar-refractivity contribution < 1.29 is 13.9 Å². The predicted octanol–water partition coefficient (Wildman–Crippen LogP) is 5.60. The molecule has 1 fully saturated rings.